The van der Waals surface area contributed by atoms with E-state index in [1.807, 2.05) is 12.1 Å². The molecule has 2 aliphatic rings. The number of epoxide rings is 2. The number of unbranched alkanes of at least 4 members (excludes halogenated alkanes) is 2. The smallest absolute Gasteiger partial charge is 0.343 e. The van der Waals surface area contributed by atoms with Crippen molar-refractivity contribution in [3.63, 3.8) is 0 Å². The van der Waals surface area contributed by atoms with Crippen LogP contribution in [0.4, 0.5) is 0 Å². The Balaban J connectivity index is 1.29. The average Bonchev–Trinajstić information content (AvgIpc) is 3.80. The number of carbonyl (C=O) groups is 1. The highest BCUT2D eigenvalue weighted by atomic mass is 16.6. The van der Waals surface area contributed by atoms with Crippen LogP contribution in [0.25, 0.3) is 0 Å². The van der Waals surface area contributed by atoms with Gasteiger partial charge in [0.15, 0.2) is 5.75 Å². The number of hydrogen-bond donors (Lipinski definition) is 0. The van der Waals surface area contributed by atoms with E-state index < -0.39 is 5.97 Å². The van der Waals surface area contributed by atoms with Crippen molar-refractivity contribution in [1.29, 1.82) is 10.5 Å². The van der Waals surface area contributed by atoms with Gasteiger partial charge in [0.1, 0.15) is 34.8 Å². The molecule has 0 N–H and O–H groups in total. The molecule has 0 amide bonds. The van der Waals surface area contributed by atoms with Gasteiger partial charge in [-0.05, 0) is 74.9 Å². The molecule has 2 saturated heterocycles. The monoisotopic (exact) mass is 476 g/mol. The normalized spacial score (nSPS) is 17.7. The Kier molecular flexibility index (Phi) is 8.56. The summed E-state index contributed by atoms with van der Waals surface area (Å²) in [5.74, 6) is 0.363. The lowest BCUT2D eigenvalue weighted by atomic mass is 10.1. The van der Waals surface area contributed by atoms with E-state index in [0.29, 0.717) is 42.5 Å². The third-order valence-electron chi connectivity index (χ3n) is 5.82. The fourth-order valence-electron chi connectivity index (χ4n) is 3.63. The lowest BCUT2D eigenvalue weighted by Crippen LogP contribution is -2.10. The average molecular weight is 477 g/mol. The van der Waals surface area contributed by atoms with E-state index in [1.54, 1.807) is 30.3 Å². The third kappa shape index (κ3) is 7.45. The summed E-state index contributed by atoms with van der Waals surface area (Å²) in [4.78, 5) is 12.6. The highest BCUT2D eigenvalue weighted by Crippen LogP contribution is 2.30. The topological polar surface area (TPSA) is 117 Å². The molecule has 0 radical (unpaired) electrons. The molecule has 8 nitrogen and oxygen atoms in total. The lowest BCUT2D eigenvalue weighted by molar-refractivity contribution is 0.0734. The van der Waals surface area contributed by atoms with Gasteiger partial charge >= 0.3 is 5.97 Å². The van der Waals surface area contributed by atoms with Crippen LogP contribution in [0.5, 0.6) is 17.2 Å². The van der Waals surface area contributed by atoms with Crippen molar-refractivity contribution >= 4 is 5.97 Å². The van der Waals surface area contributed by atoms with Crippen molar-refractivity contribution < 1.29 is 28.5 Å². The molecule has 4 rings (SSSR count). The molecule has 0 aromatic heterocycles. The van der Waals surface area contributed by atoms with Crippen LogP contribution in [-0.2, 0) is 9.47 Å². The van der Waals surface area contributed by atoms with E-state index in [0.717, 1.165) is 51.7 Å². The molecule has 8 heteroatoms. The summed E-state index contributed by atoms with van der Waals surface area (Å²) in [6.45, 7) is 2.73. The molecule has 2 fully saturated rings. The molecule has 2 aliphatic heterocycles. The van der Waals surface area contributed by atoms with E-state index in [-0.39, 0.29) is 16.9 Å². The number of esters is 1. The minimum atomic E-state index is -0.627. The van der Waals surface area contributed by atoms with E-state index in [1.165, 1.54) is 6.07 Å². The zero-order valence-corrected chi connectivity index (χ0v) is 19.5. The number of rotatable bonds is 14. The minimum absolute atomic E-state index is 0.0206. The van der Waals surface area contributed by atoms with Crippen LogP contribution in [0.1, 0.15) is 60.0 Å². The summed E-state index contributed by atoms with van der Waals surface area (Å²) in [7, 11) is 0. The molecule has 0 saturated carbocycles. The van der Waals surface area contributed by atoms with Gasteiger partial charge in [0.2, 0.25) is 0 Å². The summed E-state index contributed by atoms with van der Waals surface area (Å²) >= 11 is 0. The Bertz CT molecular complexity index is 1090. The number of nitriles is 2. The maximum absolute atomic E-state index is 12.6. The molecular formula is C27H28N2O6. The molecule has 0 spiro atoms. The SMILES string of the molecule is N#Cc1c(OCCCCC2CO2)ccc(OC(=O)c2ccc(OCCCCC3CO3)cc2)c1C#N. The van der Waals surface area contributed by atoms with Gasteiger partial charge in [-0.3, -0.25) is 0 Å². The van der Waals surface area contributed by atoms with E-state index in [9.17, 15) is 15.3 Å². The predicted molar refractivity (Wildman–Crippen MR) is 125 cm³/mol. The lowest BCUT2D eigenvalue weighted by Gasteiger charge is -2.12. The highest BCUT2D eigenvalue weighted by Gasteiger charge is 2.22. The van der Waals surface area contributed by atoms with Crippen molar-refractivity contribution in [2.75, 3.05) is 26.4 Å². The van der Waals surface area contributed by atoms with Crippen LogP contribution in [-0.4, -0.2) is 44.6 Å². The van der Waals surface area contributed by atoms with Gasteiger partial charge in [0.05, 0.1) is 44.2 Å². The third-order valence-corrected chi connectivity index (χ3v) is 5.82. The van der Waals surface area contributed by atoms with Gasteiger partial charge in [-0.25, -0.2) is 4.79 Å². The molecule has 2 atom stereocenters. The van der Waals surface area contributed by atoms with Crippen molar-refractivity contribution in [2.24, 2.45) is 0 Å². The zero-order chi connectivity index (χ0) is 24.5. The van der Waals surface area contributed by atoms with E-state index in [4.69, 9.17) is 23.7 Å². The largest absolute Gasteiger partial charge is 0.494 e. The van der Waals surface area contributed by atoms with E-state index >= 15 is 0 Å². The first-order valence-corrected chi connectivity index (χ1v) is 12.0. The highest BCUT2D eigenvalue weighted by molar-refractivity contribution is 5.91. The molecule has 2 aromatic carbocycles. The Morgan fingerprint density at radius 1 is 0.800 bits per heavy atom. The molecule has 35 heavy (non-hydrogen) atoms. The van der Waals surface area contributed by atoms with Gasteiger partial charge in [0, 0.05) is 0 Å². The summed E-state index contributed by atoms with van der Waals surface area (Å²) in [5.41, 5.74) is 0.340. The maximum atomic E-state index is 12.6. The second kappa shape index (κ2) is 12.2. The molecule has 2 heterocycles. The molecular weight excluding hydrogens is 448 g/mol. The van der Waals surface area contributed by atoms with Crippen LogP contribution in [0.3, 0.4) is 0 Å². The summed E-state index contributed by atoms with van der Waals surface area (Å²) in [6, 6.07) is 13.6. The van der Waals surface area contributed by atoms with Gasteiger partial charge in [-0.2, -0.15) is 10.5 Å². The number of hydrogen-bond acceptors (Lipinski definition) is 8. The van der Waals surface area contributed by atoms with Crippen LogP contribution in [0.2, 0.25) is 0 Å². The van der Waals surface area contributed by atoms with E-state index in [2.05, 4.69) is 0 Å². The fraction of sp³-hybridized carbons (Fsp3) is 0.444. The summed E-state index contributed by atoms with van der Waals surface area (Å²) in [6.07, 6.45) is 6.66. The van der Waals surface area contributed by atoms with Gasteiger partial charge in [-0.15, -0.1) is 0 Å². The van der Waals surface area contributed by atoms with Crippen molar-refractivity contribution in [3.05, 3.63) is 53.1 Å². The van der Waals surface area contributed by atoms with Crippen molar-refractivity contribution in [3.8, 4) is 29.4 Å². The summed E-state index contributed by atoms with van der Waals surface area (Å²) in [5, 5.41) is 19.2. The molecule has 0 bridgehead atoms. The van der Waals surface area contributed by atoms with Gasteiger partial charge in [0.25, 0.3) is 0 Å². The number of ether oxygens (including phenoxy) is 5. The molecule has 0 aliphatic carbocycles. The van der Waals surface area contributed by atoms with Gasteiger partial charge in [-0.1, -0.05) is 0 Å². The standard InChI is InChI=1S/C27H28N2O6/c28-15-23-24(16-29)26(12-11-25(23)32-14-4-2-6-22-18-34-22)35-27(30)19-7-9-20(10-8-19)31-13-3-1-5-21-17-33-21/h7-12,21-22H,1-6,13-14,17-18H2. The molecule has 2 unspecified atom stereocenters. The molecule has 2 aromatic rings. The first-order chi connectivity index (χ1) is 17.2. The number of carbonyl (C=O) groups excluding carboxylic acids is 1. The second-order valence-electron chi connectivity index (χ2n) is 8.55. The Labute approximate surface area is 204 Å². The second-order valence-corrected chi connectivity index (χ2v) is 8.55. The Morgan fingerprint density at radius 2 is 1.34 bits per heavy atom. The van der Waals surface area contributed by atoms with Crippen LogP contribution >= 0.6 is 0 Å². The number of nitrogens with zero attached hydrogens (tertiary/aromatic N) is 2. The van der Waals surface area contributed by atoms with Gasteiger partial charge < -0.3 is 23.7 Å². The fourth-order valence-corrected chi connectivity index (χ4v) is 3.63. The Morgan fingerprint density at radius 3 is 1.91 bits per heavy atom. The maximum Gasteiger partial charge on any atom is 0.343 e. The zero-order valence-electron chi connectivity index (χ0n) is 19.5. The minimum Gasteiger partial charge on any atom is -0.494 e. The predicted octanol–water partition coefficient (Wildman–Crippen LogP) is 4.54. The van der Waals surface area contributed by atoms with Crippen molar-refractivity contribution in [2.45, 2.75) is 50.7 Å². The van der Waals surface area contributed by atoms with Crippen LogP contribution in [0, 0.1) is 22.7 Å². The quantitative estimate of drug-likeness (QED) is 0.169. The molecule has 182 valence electrons. The van der Waals surface area contributed by atoms with Crippen LogP contribution in [0.15, 0.2) is 36.4 Å². The first-order valence-electron chi connectivity index (χ1n) is 12.0. The first kappa shape index (κ1) is 24.5. The Hall–Kier alpha value is -3.59. The van der Waals surface area contributed by atoms with Crippen molar-refractivity contribution in [1.82, 2.24) is 0 Å². The number of benzene rings is 2. The summed E-state index contributed by atoms with van der Waals surface area (Å²) < 4.78 is 27.2. The van der Waals surface area contributed by atoms with Crippen LogP contribution < -0.4 is 14.2 Å².